The zero-order valence-electron chi connectivity index (χ0n) is 18.2. The Morgan fingerprint density at radius 2 is 1.73 bits per heavy atom. The number of carbonyl (C=O) groups excluding carboxylic acids is 2. The first-order chi connectivity index (χ1) is 16.0. The Hall–Kier alpha value is -3.55. The van der Waals surface area contributed by atoms with Crippen molar-refractivity contribution >= 4 is 11.8 Å². The summed E-state index contributed by atoms with van der Waals surface area (Å²) >= 11 is 0. The third-order valence-corrected chi connectivity index (χ3v) is 5.96. The van der Waals surface area contributed by atoms with E-state index < -0.39 is 24.0 Å². The monoisotopic (exact) mass is 445 g/mol. The molecule has 170 valence electrons. The van der Waals surface area contributed by atoms with Crippen LogP contribution in [0.25, 0.3) is 11.1 Å². The average Bonchev–Trinajstić information content (AvgIpc) is 3.37. The van der Waals surface area contributed by atoms with Gasteiger partial charge in [0.15, 0.2) is 12.2 Å². The molecule has 3 atom stereocenters. The molecule has 2 amide bonds. The van der Waals surface area contributed by atoms with Gasteiger partial charge < -0.3 is 20.4 Å². The molecular weight excluding hydrogens is 418 g/mol. The van der Waals surface area contributed by atoms with Crippen molar-refractivity contribution in [1.82, 2.24) is 15.2 Å². The predicted molar refractivity (Wildman–Crippen MR) is 124 cm³/mol. The van der Waals surface area contributed by atoms with Crippen LogP contribution in [0.1, 0.15) is 30.0 Å². The van der Waals surface area contributed by atoms with Gasteiger partial charge in [-0.2, -0.15) is 0 Å². The van der Waals surface area contributed by atoms with E-state index in [0.717, 1.165) is 35.1 Å². The van der Waals surface area contributed by atoms with Crippen LogP contribution in [-0.4, -0.2) is 50.7 Å². The van der Waals surface area contributed by atoms with Crippen LogP contribution in [0.15, 0.2) is 79.1 Å². The van der Waals surface area contributed by atoms with Crippen LogP contribution in [-0.2, 0) is 16.1 Å². The van der Waals surface area contributed by atoms with Gasteiger partial charge in [-0.25, -0.2) is 0 Å². The van der Waals surface area contributed by atoms with Crippen molar-refractivity contribution in [2.45, 2.75) is 37.6 Å². The number of nitrogens with zero attached hydrogens (tertiary/aromatic N) is 2. The molecule has 4 rings (SSSR count). The maximum absolute atomic E-state index is 12.9. The summed E-state index contributed by atoms with van der Waals surface area (Å²) in [6.45, 7) is 0.646. The molecule has 1 saturated heterocycles. The first kappa shape index (κ1) is 22.6. The number of hydrogen-bond acceptors (Lipinski definition) is 5. The smallest absolute Gasteiger partial charge is 0.255 e. The third-order valence-electron chi connectivity index (χ3n) is 5.96. The first-order valence-electron chi connectivity index (χ1n) is 11.0. The summed E-state index contributed by atoms with van der Waals surface area (Å²) < 4.78 is 0. The second kappa shape index (κ2) is 10.4. The highest BCUT2D eigenvalue weighted by Gasteiger charge is 2.38. The first-order valence-corrected chi connectivity index (χ1v) is 11.0. The lowest BCUT2D eigenvalue weighted by Crippen LogP contribution is -2.50. The summed E-state index contributed by atoms with van der Waals surface area (Å²) in [5.74, 6) is -1.42. The fourth-order valence-electron chi connectivity index (χ4n) is 4.14. The van der Waals surface area contributed by atoms with Crippen LogP contribution in [0.2, 0.25) is 0 Å². The minimum Gasteiger partial charge on any atom is -0.380 e. The van der Waals surface area contributed by atoms with Crippen LogP contribution < -0.4 is 5.32 Å². The number of aliphatic hydroxyl groups is 2. The number of rotatable bonds is 7. The van der Waals surface area contributed by atoms with Gasteiger partial charge in [0.05, 0.1) is 6.04 Å². The second-order valence-corrected chi connectivity index (χ2v) is 8.15. The summed E-state index contributed by atoms with van der Waals surface area (Å²) in [4.78, 5) is 30.9. The highest BCUT2D eigenvalue weighted by molar-refractivity contribution is 5.91. The zero-order chi connectivity index (χ0) is 23.2. The van der Waals surface area contributed by atoms with Crippen LogP contribution in [0.4, 0.5) is 0 Å². The lowest BCUT2D eigenvalue weighted by atomic mass is 10.0. The number of amides is 2. The Labute approximate surface area is 192 Å². The van der Waals surface area contributed by atoms with Crippen LogP contribution in [0.5, 0.6) is 0 Å². The average molecular weight is 446 g/mol. The molecule has 0 bridgehead atoms. The third kappa shape index (κ3) is 5.27. The highest BCUT2D eigenvalue weighted by Crippen LogP contribution is 2.32. The number of carbonyl (C=O) groups is 2. The van der Waals surface area contributed by atoms with Crippen molar-refractivity contribution in [3.8, 4) is 11.1 Å². The van der Waals surface area contributed by atoms with Gasteiger partial charge in [0.2, 0.25) is 0 Å². The summed E-state index contributed by atoms with van der Waals surface area (Å²) in [6, 6.07) is 20.8. The molecular formula is C26H27N3O4. The molecule has 7 nitrogen and oxygen atoms in total. The maximum Gasteiger partial charge on any atom is 0.255 e. The van der Waals surface area contributed by atoms with Crippen molar-refractivity contribution in [1.29, 1.82) is 0 Å². The lowest BCUT2D eigenvalue weighted by molar-refractivity contribution is -0.153. The van der Waals surface area contributed by atoms with Gasteiger partial charge in [-0.1, -0.05) is 60.7 Å². The van der Waals surface area contributed by atoms with Gasteiger partial charge in [0.1, 0.15) is 0 Å². The number of benzene rings is 2. The molecule has 1 aliphatic heterocycles. The fourth-order valence-corrected chi connectivity index (χ4v) is 4.14. The number of nitrogens with one attached hydrogen (secondary N) is 1. The number of aliphatic hydroxyl groups excluding tert-OH is 2. The Kier molecular flexibility index (Phi) is 7.12. The van der Waals surface area contributed by atoms with E-state index in [9.17, 15) is 19.8 Å². The van der Waals surface area contributed by atoms with Crippen molar-refractivity contribution in [2.24, 2.45) is 0 Å². The fraction of sp³-hybridized carbons (Fsp3) is 0.269. The van der Waals surface area contributed by atoms with Gasteiger partial charge >= 0.3 is 0 Å². The van der Waals surface area contributed by atoms with E-state index in [4.69, 9.17) is 0 Å². The SMILES string of the molecule is O=C(NCc1ccc(-c2cccnc2)cc1)[C@H](O)[C@@H](O)C(=O)N1CCC[C@@H]1c1ccccc1. The Morgan fingerprint density at radius 1 is 0.970 bits per heavy atom. The van der Waals surface area contributed by atoms with Gasteiger partial charge in [-0.15, -0.1) is 0 Å². The molecule has 1 aromatic heterocycles. The number of pyridine rings is 1. The quantitative estimate of drug-likeness (QED) is 0.518. The minimum absolute atomic E-state index is 0.165. The summed E-state index contributed by atoms with van der Waals surface area (Å²) in [5.41, 5.74) is 3.79. The van der Waals surface area contributed by atoms with E-state index in [1.165, 1.54) is 0 Å². The van der Waals surface area contributed by atoms with Gasteiger partial charge in [0.25, 0.3) is 11.8 Å². The molecule has 33 heavy (non-hydrogen) atoms. The van der Waals surface area contributed by atoms with E-state index in [1.807, 2.05) is 66.7 Å². The normalized spacial score (nSPS) is 17.4. The molecule has 0 spiro atoms. The van der Waals surface area contributed by atoms with Gasteiger partial charge in [0, 0.05) is 25.5 Å². The molecule has 3 aromatic rings. The molecule has 3 N–H and O–H groups in total. The highest BCUT2D eigenvalue weighted by atomic mass is 16.3. The predicted octanol–water partition coefficient (Wildman–Crippen LogP) is 2.45. The second-order valence-electron chi connectivity index (χ2n) is 8.15. The maximum atomic E-state index is 12.9. The van der Waals surface area contributed by atoms with E-state index in [0.29, 0.717) is 6.54 Å². The summed E-state index contributed by atoms with van der Waals surface area (Å²) in [7, 11) is 0. The van der Waals surface area contributed by atoms with E-state index in [2.05, 4.69) is 10.3 Å². The molecule has 1 fully saturated rings. The molecule has 0 unspecified atom stereocenters. The Balaban J connectivity index is 1.33. The molecule has 0 aliphatic carbocycles. The van der Waals surface area contributed by atoms with E-state index in [1.54, 1.807) is 17.3 Å². The van der Waals surface area contributed by atoms with Gasteiger partial charge in [-0.05, 0) is 41.2 Å². The molecule has 2 heterocycles. The zero-order valence-corrected chi connectivity index (χ0v) is 18.2. The van der Waals surface area contributed by atoms with Crippen molar-refractivity contribution in [2.75, 3.05) is 6.54 Å². The lowest BCUT2D eigenvalue weighted by Gasteiger charge is -2.28. The van der Waals surface area contributed by atoms with E-state index in [-0.39, 0.29) is 12.6 Å². The van der Waals surface area contributed by atoms with Crippen molar-refractivity contribution in [3.63, 3.8) is 0 Å². The van der Waals surface area contributed by atoms with Crippen molar-refractivity contribution in [3.05, 3.63) is 90.3 Å². The van der Waals surface area contributed by atoms with Crippen LogP contribution >= 0.6 is 0 Å². The number of likely N-dealkylation sites (tertiary alicyclic amines) is 1. The molecule has 1 aliphatic rings. The summed E-state index contributed by atoms with van der Waals surface area (Å²) in [6.07, 6.45) is 1.40. The van der Waals surface area contributed by atoms with Crippen molar-refractivity contribution < 1.29 is 19.8 Å². The van der Waals surface area contributed by atoms with Gasteiger partial charge in [-0.3, -0.25) is 14.6 Å². The van der Waals surface area contributed by atoms with E-state index >= 15 is 0 Å². The topological polar surface area (TPSA) is 103 Å². The molecule has 0 saturated carbocycles. The summed E-state index contributed by atoms with van der Waals surface area (Å²) in [5, 5.41) is 23.4. The van der Waals surface area contributed by atoms with Crippen LogP contribution in [0, 0.1) is 0 Å². The molecule has 0 radical (unpaired) electrons. The Morgan fingerprint density at radius 3 is 2.42 bits per heavy atom. The number of hydrogen-bond donors (Lipinski definition) is 3. The number of aromatic nitrogens is 1. The van der Waals surface area contributed by atoms with Crippen LogP contribution in [0.3, 0.4) is 0 Å². The largest absolute Gasteiger partial charge is 0.380 e. The minimum atomic E-state index is -1.84. The molecule has 7 heteroatoms. The Bertz CT molecular complexity index is 1070. The standard InChI is InChI=1S/C26H27N3O4/c30-23(24(31)26(33)29-15-5-9-22(29)20-6-2-1-3-7-20)25(32)28-16-18-10-12-19(13-11-18)21-8-4-14-27-17-21/h1-4,6-8,10-14,17,22-24,30-31H,5,9,15-16H2,(H,28,32)/t22-,23-,24-/m1/s1. The molecule has 2 aromatic carbocycles.